The van der Waals surface area contributed by atoms with Crippen LogP contribution in [0, 0.1) is 0 Å². The third-order valence-corrected chi connectivity index (χ3v) is 3.99. The first-order valence-electron chi connectivity index (χ1n) is 9.11. The minimum Gasteiger partial charge on any atom is -0.317 e. The fourth-order valence-electron chi connectivity index (χ4n) is 2.61. The predicted molar refractivity (Wildman–Crippen MR) is 94.4 cm³/mol. The summed E-state index contributed by atoms with van der Waals surface area (Å²) in [5.74, 6) is 0. The van der Waals surface area contributed by atoms with Gasteiger partial charge in [-0.2, -0.15) is 0 Å². The number of nitrogens with one attached hydrogen (secondary N) is 2. The molecule has 0 saturated heterocycles. The molecular formula is C17H40N4. The Bertz CT molecular complexity index is 207. The molecule has 0 aliphatic heterocycles. The van der Waals surface area contributed by atoms with Gasteiger partial charge in [0.2, 0.25) is 0 Å². The third kappa shape index (κ3) is 16.0. The van der Waals surface area contributed by atoms with E-state index in [1.807, 2.05) is 0 Å². The summed E-state index contributed by atoms with van der Waals surface area (Å²) in [5, 5.41) is 6.68. The molecule has 0 bridgehead atoms. The van der Waals surface area contributed by atoms with Crippen LogP contribution in [0.1, 0.15) is 78.1 Å². The second-order valence-electron chi connectivity index (χ2n) is 6.27. The standard InChI is InChI=1S/C17H40N4/c1-3-20-15-11-9-7-5-6-8-10-13-17(18,19)14-12-16-21-4-2/h20-21H,3-16,18-19H2,1-2H3. The Labute approximate surface area is 132 Å². The number of hydrogen-bond donors (Lipinski definition) is 4. The van der Waals surface area contributed by atoms with Crippen molar-refractivity contribution in [2.45, 2.75) is 83.7 Å². The summed E-state index contributed by atoms with van der Waals surface area (Å²) in [7, 11) is 0. The van der Waals surface area contributed by atoms with Gasteiger partial charge in [0, 0.05) is 0 Å². The van der Waals surface area contributed by atoms with Crippen molar-refractivity contribution in [3.05, 3.63) is 0 Å². The highest BCUT2D eigenvalue weighted by Crippen LogP contribution is 2.14. The van der Waals surface area contributed by atoms with Crippen molar-refractivity contribution in [1.29, 1.82) is 0 Å². The van der Waals surface area contributed by atoms with Crippen LogP contribution in [0.5, 0.6) is 0 Å². The summed E-state index contributed by atoms with van der Waals surface area (Å²) in [6.07, 6.45) is 12.1. The number of unbranched alkanes of at least 4 members (excludes halogenated alkanes) is 6. The maximum Gasteiger partial charge on any atom is 0.0637 e. The van der Waals surface area contributed by atoms with E-state index in [-0.39, 0.29) is 0 Å². The summed E-state index contributed by atoms with van der Waals surface area (Å²) in [5.41, 5.74) is 11.8. The molecule has 0 fully saturated rings. The lowest BCUT2D eigenvalue weighted by Gasteiger charge is -2.24. The lowest BCUT2D eigenvalue weighted by atomic mass is 9.97. The van der Waals surface area contributed by atoms with Crippen LogP contribution >= 0.6 is 0 Å². The first-order chi connectivity index (χ1) is 10.1. The minimum atomic E-state index is -0.457. The highest BCUT2D eigenvalue weighted by Gasteiger charge is 2.17. The molecule has 0 unspecified atom stereocenters. The van der Waals surface area contributed by atoms with Crippen LogP contribution in [0.15, 0.2) is 0 Å². The molecule has 0 aromatic rings. The van der Waals surface area contributed by atoms with E-state index in [0.29, 0.717) is 0 Å². The fourth-order valence-corrected chi connectivity index (χ4v) is 2.61. The van der Waals surface area contributed by atoms with Crippen molar-refractivity contribution in [3.8, 4) is 0 Å². The molecule has 0 rings (SSSR count). The van der Waals surface area contributed by atoms with Gasteiger partial charge in [-0.15, -0.1) is 0 Å². The summed E-state index contributed by atoms with van der Waals surface area (Å²) in [4.78, 5) is 0. The van der Waals surface area contributed by atoms with Gasteiger partial charge in [0.05, 0.1) is 5.66 Å². The Morgan fingerprint density at radius 3 is 1.62 bits per heavy atom. The fraction of sp³-hybridized carbons (Fsp3) is 1.00. The topological polar surface area (TPSA) is 76.1 Å². The van der Waals surface area contributed by atoms with Gasteiger partial charge in [0.15, 0.2) is 0 Å². The van der Waals surface area contributed by atoms with E-state index in [1.54, 1.807) is 0 Å². The minimum absolute atomic E-state index is 0.457. The average Bonchev–Trinajstić information content (AvgIpc) is 2.45. The van der Waals surface area contributed by atoms with Crippen molar-refractivity contribution in [3.63, 3.8) is 0 Å². The van der Waals surface area contributed by atoms with Gasteiger partial charge in [-0.1, -0.05) is 52.4 Å². The van der Waals surface area contributed by atoms with Crippen molar-refractivity contribution in [2.24, 2.45) is 11.5 Å². The predicted octanol–water partition coefficient (Wildman–Crippen LogP) is 2.72. The number of nitrogens with two attached hydrogens (primary N) is 2. The highest BCUT2D eigenvalue weighted by molar-refractivity contribution is 4.76. The van der Waals surface area contributed by atoms with Crippen LogP contribution in [0.4, 0.5) is 0 Å². The molecule has 0 aromatic carbocycles. The third-order valence-electron chi connectivity index (χ3n) is 3.99. The van der Waals surface area contributed by atoms with Crippen molar-refractivity contribution < 1.29 is 0 Å². The first kappa shape index (κ1) is 20.8. The van der Waals surface area contributed by atoms with Crippen LogP contribution in [-0.4, -0.2) is 31.8 Å². The summed E-state index contributed by atoms with van der Waals surface area (Å²) in [6, 6.07) is 0. The second kappa shape index (κ2) is 14.8. The van der Waals surface area contributed by atoms with Gasteiger partial charge in [-0.25, -0.2) is 0 Å². The van der Waals surface area contributed by atoms with Gasteiger partial charge in [-0.3, -0.25) is 0 Å². The summed E-state index contributed by atoms with van der Waals surface area (Å²) in [6.45, 7) is 8.60. The van der Waals surface area contributed by atoms with E-state index in [4.69, 9.17) is 11.5 Å². The SMILES string of the molecule is CCNCCCCCCCCCC(N)(N)CCCNCC. The molecule has 0 aromatic heterocycles. The Kier molecular flexibility index (Phi) is 14.7. The van der Waals surface area contributed by atoms with E-state index in [0.717, 1.165) is 38.9 Å². The maximum absolute atomic E-state index is 6.15. The van der Waals surface area contributed by atoms with E-state index < -0.39 is 5.66 Å². The van der Waals surface area contributed by atoms with Gasteiger partial charge in [0.1, 0.15) is 0 Å². The molecule has 0 radical (unpaired) electrons. The average molecular weight is 301 g/mol. The lowest BCUT2D eigenvalue weighted by molar-refractivity contribution is 0.349. The molecule has 21 heavy (non-hydrogen) atoms. The molecule has 0 heterocycles. The first-order valence-corrected chi connectivity index (χ1v) is 9.11. The Balaban J connectivity index is 3.28. The monoisotopic (exact) mass is 300 g/mol. The van der Waals surface area contributed by atoms with Crippen molar-refractivity contribution >= 4 is 0 Å². The number of hydrogen-bond acceptors (Lipinski definition) is 4. The lowest BCUT2D eigenvalue weighted by Crippen LogP contribution is -2.49. The van der Waals surface area contributed by atoms with Gasteiger partial charge >= 0.3 is 0 Å². The van der Waals surface area contributed by atoms with Crippen LogP contribution in [-0.2, 0) is 0 Å². The smallest absolute Gasteiger partial charge is 0.0637 e. The Morgan fingerprint density at radius 2 is 1.05 bits per heavy atom. The normalized spacial score (nSPS) is 12.0. The molecule has 0 saturated carbocycles. The molecule has 0 spiro atoms. The molecular weight excluding hydrogens is 260 g/mol. The number of rotatable bonds is 16. The summed E-state index contributed by atoms with van der Waals surface area (Å²) < 4.78 is 0. The van der Waals surface area contributed by atoms with E-state index in [1.165, 1.54) is 51.5 Å². The van der Waals surface area contributed by atoms with E-state index in [9.17, 15) is 0 Å². The molecule has 0 aliphatic rings. The second-order valence-corrected chi connectivity index (χ2v) is 6.27. The van der Waals surface area contributed by atoms with Crippen molar-refractivity contribution in [1.82, 2.24) is 10.6 Å². The molecule has 4 nitrogen and oxygen atoms in total. The van der Waals surface area contributed by atoms with Gasteiger partial charge in [-0.05, 0) is 51.9 Å². The zero-order valence-electron chi connectivity index (χ0n) is 14.6. The van der Waals surface area contributed by atoms with E-state index >= 15 is 0 Å². The molecule has 4 heteroatoms. The molecule has 0 amide bonds. The summed E-state index contributed by atoms with van der Waals surface area (Å²) >= 11 is 0. The molecule has 6 N–H and O–H groups in total. The quantitative estimate of drug-likeness (QED) is 0.261. The van der Waals surface area contributed by atoms with Crippen LogP contribution in [0.2, 0.25) is 0 Å². The van der Waals surface area contributed by atoms with Gasteiger partial charge < -0.3 is 22.1 Å². The van der Waals surface area contributed by atoms with Gasteiger partial charge in [0.25, 0.3) is 0 Å². The van der Waals surface area contributed by atoms with Crippen LogP contribution in [0.3, 0.4) is 0 Å². The molecule has 0 atom stereocenters. The van der Waals surface area contributed by atoms with Crippen molar-refractivity contribution in [2.75, 3.05) is 26.2 Å². The zero-order valence-corrected chi connectivity index (χ0v) is 14.6. The molecule has 0 aliphatic carbocycles. The van der Waals surface area contributed by atoms with Crippen LogP contribution in [0.25, 0.3) is 0 Å². The largest absolute Gasteiger partial charge is 0.317 e. The maximum atomic E-state index is 6.15. The zero-order chi connectivity index (χ0) is 15.8. The Hall–Kier alpha value is -0.160. The molecule has 128 valence electrons. The highest BCUT2D eigenvalue weighted by atomic mass is 14.9. The van der Waals surface area contributed by atoms with Crippen LogP contribution < -0.4 is 22.1 Å². The van der Waals surface area contributed by atoms with E-state index in [2.05, 4.69) is 24.5 Å². The Morgan fingerprint density at radius 1 is 0.619 bits per heavy atom.